The molecule has 1 amide bonds. The molecule has 0 aliphatic carbocycles. The number of hydrogen-bond acceptors (Lipinski definition) is 6. The van der Waals surface area contributed by atoms with Gasteiger partial charge in [-0.25, -0.2) is 8.42 Å². The van der Waals surface area contributed by atoms with Crippen LogP contribution in [0.5, 0.6) is 0 Å². The number of alkyl halides is 3. The van der Waals surface area contributed by atoms with E-state index >= 15 is 0 Å². The normalized spacial score (nSPS) is 15.9. The van der Waals surface area contributed by atoms with Crippen molar-refractivity contribution in [2.75, 3.05) is 32.1 Å². The molecule has 0 unspecified atom stereocenters. The molecule has 1 heterocycles. The zero-order valence-corrected chi connectivity index (χ0v) is 13.5. The van der Waals surface area contributed by atoms with Crippen LogP contribution in [-0.2, 0) is 25.5 Å². The predicted molar refractivity (Wildman–Crippen MR) is 77.6 cm³/mol. The van der Waals surface area contributed by atoms with Crippen LogP contribution >= 0.6 is 0 Å². The van der Waals surface area contributed by atoms with Crippen LogP contribution in [0, 0.1) is 10.1 Å². The summed E-state index contributed by atoms with van der Waals surface area (Å²) >= 11 is 0. The number of nitro groups is 1. The van der Waals surface area contributed by atoms with Crippen LogP contribution in [0.2, 0.25) is 0 Å². The highest BCUT2D eigenvalue weighted by molar-refractivity contribution is 7.92. The number of hydrogen-bond donors (Lipinski definition) is 0. The standard InChI is InChI=1S/C13H13F3N2O6S/c14-13(15,16)9-1-2-11(10(7-9)18(20)21)25(22,23)8-12(19)17-3-5-24-6-4-17/h1-2,7H,3-6,8H2. The fourth-order valence-electron chi connectivity index (χ4n) is 2.24. The number of morpholine rings is 1. The Morgan fingerprint density at radius 1 is 1.28 bits per heavy atom. The summed E-state index contributed by atoms with van der Waals surface area (Å²) < 4.78 is 67.6. The van der Waals surface area contributed by atoms with E-state index in [1.54, 1.807) is 0 Å². The van der Waals surface area contributed by atoms with Gasteiger partial charge in [0.25, 0.3) is 5.69 Å². The van der Waals surface area contributed by atoms with E-state index < -0.39 is 48.7 Å². The van der Waals surface area contributed by atoms with Gasteiger partial charge in [-0.1, -0.05) is 0 Å². The second-order valence-corrected chi connectivity index (χ2v) is 7.15. The summed E-state index contributed by atoms with van der Waals surface area (Å²) in [6.45, 7) is 0.797. The summed E-state index contributed by atoms with van der Waals surface area (Å²) in [7, 11) is -4.49. The average molecular weight is 382 g/mol. The van der Waals surface area contributed by atoms with Gasteiger partial charge in [-0.15, -0.1) is 0 Å². The maximum atomic E-state index is 12.7. The Morgan fingerprint density at radius 2 is 1.88 bits per heavy atom. The van der Waals surface area contributed by atoms with Crippen molar-refractivity contribution in [3.05, 3.63) is 33.9 Å². The zero-order valence-electron chi connectivity index (χ0n) is 12.7. The van der Waals surface area contributed by atoms with Gasteiger partial charge in [-0.05, 0) is 12.1 Å². The lowest BCUT2D eigenvalue weighted by Crippen LogP contribution is -2.43. The molecule has 1 aliphatic rings. The first-order valence-electron chi connectivity index (χ1n) is 6.96. The lowest BCUT2D eigenvalue weighted by molar-refractivity contribution is -0.388. The highest BCUT2D eigenvalue weighted by atomic mass is 32.2. The van der Waals surface area contributed by atoms with Crippen LogP contribution in [0.25, 0.3) is 0 Å². The number of carbonyl (C=O) groups excluding carboxylic acids is 1. The third-order valence-corrected chi connectivity index (χ3v) is 5.14. The van der Waals surface area contributed by atoms with Gasteiger partial charge in [0.1, 0.15) is 10.6 Å². The summed E-state index contributed by atoms with van der Waals surface area (Å²) in [5.41, 5.74) is -2.57. The quantitative estimate of drug-likeness (QED) is 0.573. The molecule has 8 nitrogen and oxygen atoms in total. The first-order chi connectivity index (χ1) is 11.5. The summed E-state index contributed by atoms with van der Waals surface area (Å²) in [4.78, 5) is 22.1. The third-order valence-electron chi connectivity index (χ3n) is 3.50. The van der Waals surface area contributed by atoms with Gasteiger partial charge < -0.3 is 9.64 Å². The molecule has 0 N–H and O–H groups in total. The number of rotatable bonds is 4. The molecule has 0 spiro atoms. The van der Waals surface area contributed by atoms with Crippen molar-refractivity contribution in [3.8, 4) is 0 Å². The first kappa shape index (κ1) is 19.1. The molecule has 138 valence electrons. The van der Waals surface area contributed by atoms with E-state index in [-0.39, 0.29) is 32.4 Å². The molecule has 0 saturated carbocycles. The van der Waals surface area contributed by atoms with Crippen molar-refractivity contribution in [2.45, 2.75) is 11.1 Å². The molecule has 2 rings (SSSR count). The van der Waals surface area contributed by atoms with Crippen molar-refractivity contribution in [2.24, 2.45) is 0 Å². The van der Waals surface area contributed by atoms with Gasteiger partial charge in [0.2, 0.25) is 5.91 Å². The Kier molecular flexibility index (Phi) is 5.32. The maximum Gasteiger partial charge on any atom is 0.416 e. The lowest BCUT2D eigenvalue weighted by Gasteiger charge is -2.26. The van der Waals surface area contributed by atoms with Gasteiger partial charge in [0.15, 0.2) is 9.84 Å². The van der Waals surface area contributed by atoms with Crippen LogP contribution in [-0.4, -0.2) is 56.2 Å². The van der Waals surface area contributed by atoms with E-state index in [0.29, 0.717) is 12.1 Å². The second-order valence-electron chi connectivity index (χ2n) is 5.19. The van der Waals surface area contributed by atoms with E-state index in [9.17, 15) is 36.5 Å². The molecule has 1 fully saturated rings. The highest BCUT2D eigenvalue weighted by Crippen LogP contribution is 2.34. The minimum Gasteiger partial charge on any atom is -0.378 e. The molecule has 0 bridgehead atoms. The zero-order chi connectivity index (χ0) is 18.8. The number of sulfone groups is 1. The van der Waals surface area contributed by atoms with Gasteiger partial charge in [0.05, 0.1) is 23.7 Å². The van der Waals surface area contributed by atoms with Crippen LogP contribution < -0.4 is 0 Å². The van der Waals surface area contributed by atoms with Crippen LogP contribution in [0.3, 0.4) is 0 Å². The fraction of sp³-hybridized carbons (Fsp3) is 0.462. The largest absolute Gasteiger partial charge is 0.416 e. The Morgan fingerprint density at radius 3 is 2.40 bits per heavy atom. The molecule has 0 radical (unpaired) electrons. The Bertz CT molecular complexity index is 787. The van der Waals surface area contributed by atoms with Crippen LogP contribution in [0.4, 0.5) is 18.9 Å². The lowest BCUT2D eigenvalue weighted by atomic mass is 10.2. The highest BCUT2D eigenvalue weighted by Gasteiger charge is 2.36. The molecule has 1 aromatic rings. The molecule has 0 aromatic heterocycles. The minimum absolute atomic E-state index is 0.145. The molecule has 12 heteroatoms. The predicted octanol–water partition coefficient (Wildman–Crippen LogP) is 1.25. The first-order valence-corrected chi connectivity index (χ1v) is 8.61. The van der Waals surface area contributed by atoms with Gasteiger partial charge in [-0.3, -0.25) is 14.9 Å². The van der Waals surface area contributed by atoms with Crippen molar-refractivity contribution in [3.63, 3.8) is 0 Å². The Balaban J connectivity index is 2.34. The smallest absolute Gasteiger partial charge is 0.378 e. The molecule has 1 aliphatic heterocycles. The van der Waals surface area contributed by atoms with E-state index in [4.69, 9.17) is 4.74 Å². The van der Waals surface area contributed by atoms with E-state index in [2.05, 4.69) is 0 Å². The molecule has 1 aromatic carbocycles. The van der Waals surface area contributed by atoms with Crippen LogP contribution in [0.1, 0.15) is 5.56 Å². The Hall–Kier alpha value is -2.21. The number of benzene rings is 1. The van der Waals surface area contributed by atoms with E-state index in [1.165, 1.54) is 4.90 Å². The molecule has 1 saturated heterocycles. The van der Waals surface area contributed by atoms with Crippen molar-refractivity contribution < 1.29 is 36.0 Å². The summed E-state index contributed by atoms with van der Waals surface area (Å²) in [6.07, 6.45) is -4.86. The second kappa shape index (κ2) is 6.96. The third kappa shape index (κ3) is 4.45. The topological polar surface area (TPSA) is 107 Å². The van der Waals surface area contributed by atoms with Crippen LogP contribution in [0.15, 0.2) is 23.1 Å². The SMILES string of the molecule is O=C(CS(=O)(=O)c1ccc(C(F)(F)F)cc1[N+](=O)[O-])N1CCOCC1. The monoisotopic (exact) mass is 382 g/mol. The number of halogens is 3. The van der Waals surface area contributed by atoms with Gasteiger partial charge in [-0.2, -0.15) is 13.2 Å². The number of amides is 1. The number of carbonyl (C=O) groups is 1. The van der Waals surface area contributed by atoms with Gasteiger partial charge in [0, 0.05) is 19.2 Å². The summed E-state index contributed by atoms with van der Waals surface area (Å²) in [5.74, 6) is -1.86. The maximum absolute atomic E-state index is 12.7. The minimum atomic E-state index is -4.86. The number of nitrogens with zero attached hydrogens (tertiary/aromatic N) is 2. The molecular formula is C13H13F3N2O6S. The van der Waals surface area contributed by atoms with Crippen molar-refractivity contribution >= 4 is 21.4 Å². The summed E-state index contributed by atoms with van der Waals surface area (Å²) in [6, 6.07) is 1.08. The van der Waals surface area contributed by atoms with Crippen molar-refractivity contribution in [1.82, 2.24) is 4.90 Å². The van der Waals surface area contributed by atoms with E-state index in [1.807, 2.05) is 0 Å². The summed E-state index contributed by atoms with van der Waals surface area (Å²) in [5, 5.41) is 11.0. The Labute approximate surface area is 140 Å². The molecule has 0 atom stereocenters. The van der Waals surface area contributed by atoms with E-state index in [0.717, 1.165) is 0 Å². The molecule has 25 heavy (non-hydrogen) atoms. The molecular weight excluding hydrogens is 369 g/mol. The van der Waals surface area contributed by atoms with Gasteiger partial charge >= 0.3 is 6.18 Å². The number of nitro benzene ring substituents is 1. The number of ether oxygens (including phenoxy) is 1. The fourth-order valence-corrected chi connectivity index (χ4v) is 3.63. The average Bonchev–Trinajstić information content (AvgIpc) is 2.53. The van der Waals surface area contributed by atoms with Crippen molar-refractivity contribution in [1.29, 1.82) is 0 Å².